The zero-order valence-corrected chi connectivity index (χ0v) is 18.6. The molecular weight excluding hydrogens is 457 g/mol. The highest BCUT2D eigenvalue weighted by Gasteiger charge is 2.09. The van der Waals surface area contributed by atoms with Gasteiger partial charge in [0.15, 0.2) is 5.96 Å². The van der Waals surface area contributed by atoms with Gasteiger partial charge in [-0.3, -0.25) is 9.89 Å². The van der Waals surface area contributed by atoms with Gasteiger partial charge < -0.3 is 15.4 Å². The number of ether oxygens (including phenoxy) is 1. The Kier molecular flexibility index (Phi) is 14.8. The fourth-order valence-electron chi connectivity index (χ4n) is 2.28. The van der Waals surface area contributed by atoms with Gasteiger partial charge >= 0.3 is 0 Å². The number of nitrogens with zero attached hydrogens (tertiary/aromatic N) is 2. The zero-order chi connectivity index (χ0) is 17.7. The summed E-state index contributed by atoms with van der Waals surface area (Å²) in [6.07, 6.45) is 1.74. The first-order valence-electron chi connectivity index (χ1n) is 8.87. The highest BCUT2D eigenvalue weighted by molar-refractivity contribution is 14.0. The van der Waals surface area contributed by atoms with Crippen LogP contribution in [-0.4, -0.2) is 84.1 Å². The molecule has 1 aliphatic heterocycles. The Morgan fingerprint density at radius 3 is 2.48 bits per heavy atom. The molecule has 0 saturated carbocycles. The molecule has 150 valence electrons. The molecule has 1 aliphatic rings. The molecule has 0 aromatic rings. The summed E-state index contributed by atoms with van der Waals surface area (Å²) in [7, 11) is -3.10. The number of rotatable bonds is 11. The van der Waals surface area contributed by atoms with E-state index in [1.54, 1.807) is 6.92 Å². The maximum atomic E-state index is 11.3. The fraction of sp³-hybridized carbons (Fsp3) is 0.933. The van der Waals surface area contributed by atoms with E-state index in [9.17, 15) is 8.42 Å². The molecule has 1 rings (SSSR count). The molecule has 0 spiro atoms. The van der Waals surface area contributed by atoms with Gasteiger partial charge in [0.2, 0.25) is 10.0 Å². The van der Waals surface area contributed by atoms with Gasteiger partial charge in [0.05, 0.1) is 19.0 Å². The Bertz CT molecular complexity index is 456. The van der Waals surface area contributed by atoms with Gasteiger partial charge in [-0.05, 0) is 26.7 Å². The van der Waals surface area contributed by atoms with E-state index in [2.05, 4.69) is 25.2 Å². The molecule has 0 amide bonds. The quantitative estimate of drug-likeness (QED) is 0.166. The number of nitrogens with one attached hydrogen (secondary N) is 3. The highest BCUT2D eigenvalue weighted by atomic mass is 127. The van der Waals surface area contributed by atoms with Crippen LogP contribution >= 0.6 is 24.0 Å². The van der Waals surface area contributed by atoms with Crippen LogP contribution in [-0.2, 0) is 14.8 Å². The topological polar surface area (TPSA) is 95.1 Å². The molecule has 0 radical (unpaired) electrons. The predicted molar refractivity (Wildman–Crippen MR) is 113 cm³/mol. The Morgan fingerprint density at radius 2 is 1.84 bits per heavy atom. The summed E-state index contributed by atoms with van der Waals surface area (Å²) in [4.78, 5) is 6.96. The maximum Gasteiger partial charge on any atom is 0.211 e. The minimum Gasteiger partial charge on any atom is -0.379 e. The molecule has 1 saturated heterocycles. The van der Waals surface area contributed by atoms with E-state index in [1.807, 2.05) is 6.92 Å². The largest absolute Gasteiger partial charge is 0.379 e. The van der Waals surface area contributed by atoms with E-state index < -0.39 is 10.0 Å². The van der Waals surface area contributed by atoms with Crippen LogP contribution in [0.1, 0.15) is 26.7 Å². The van der Waals surface area contributed by atoms with Crippen molar-refractivity contribution in [1.82, 2.24) is 20.3 Å². The minimum atomic E-state index is -3.10. The van der Waals surface area contributed by atoms with E-state index in [-0.39, 0.29) is 29.7 Å². The summed E-state index contributed by atoms with van der Waals surface area (Å²) in [6, 6.07) is 0. The molecule has 25 heavy (non-hydrogen) atoms. The van der Waals surface area contributed by atoms with Crippen molar-refractivity contribution in [1.29, 1.82) is 0 Å². The van der Waals surface area contributed by atoms with E-state index in [1.165, 1.54) is 0 Å². The van der Waals surface area contributed by atoms with Crippen molar-refractivity contribution in [3.05, 3.63) is 0 Å². The molecule has 8 nitrogen and oxygen atoms in total. The number of aliphatic imine (C=N–C) groups is 1. The lowest BCUT2D eigenvalue weighted by atomic mass is 10.3. The van der Waals surface area contributed by atoms with Gasteiger partial charge in [-0.1, -0.05) is 0 Å². The lowest BCUT2D eigenvalue weighted by Crippen LogP contribution is -2.39. The van der Waals surface area contributed by atoms with Crippen molar-refractivity contribution < 1.29 is 13.2 Å². The second-order valence-corrected chi connectivity index (χ2v) is 7.74. The number of halogens is 1. The molecule has 3 N–H and O–H groups in total. The van der Waals surface area contributed by atoms with Crippen molar-refractivity contribution in [3.8, 4) is 0 Å². The van der Waals surface area contributed by atoms with Crippen LogP contribution in [0.3, 0.4) is 0 Å². The summed E-state index contributed by atoms with van der Waals surface area (Å²) < 4.78 is 30.5. The van der Waals surface area contributed by atoms with Gasteiger partial charge in [0, 0.05) is 45.8 Å². The minimum absolute atomic E-state index is 0. The van der Waals surface area contributed by atoms with Gasteiger partial charge in [-0.25, -0.2) is 13.1 Å². The average molecular weight is 491 g/mol. The average Bonchev–Trinajstić information content (AvgIpc) is 2.59. The molecule has 1 heterocycles. The van der Waals surface area contributed by atoms with Crippen LogP contribution in [0.5, 0.6) is 0 Å². The first kappa shape index (κ1) is 24.8. The number of hydrogen-bond donors (Lipinski definition) is 3. The summed E-state index contributed by atoms with van der Waals surface area (Å²) in [5, 5.41) is 6.44. The first-order valence-corrected chi connectivity index (χ1v) is 10.5. The second-order valence-electron chi connectivity index (χ2n) is 5.65. The van der Waals surface area contributed by atoms with Crippen molar-refractivity contribution >= 4 is 40.0 Å². The lowest BCUT2D eigenvalue weighted by Gasteiger charge is -2.26. The van der Waals surface area contributed by atoms with Gasteiger partial charge in [0.25, 0.3) is 0 Å². The fourth-order valence-corrected chi connectivity index (χ4v) is 2.94. The van der Waals surface area contributed by atoms with E-state index in [4.69, 9.17) is 4.74 Å². The molecule has 0 bridgehead atoms. The summed E-state index contributed by atoms with van der Waals surface area (Å²) >= 11 is 0. The van der Waals surface area contributed by atoms with Gasteiger partial charge in [0.1, 0.15) is 0 Å². The molecule has 0 aromatic carbocycles. The molecule has 1 fully saturated rings. The molecule has 0 unspecified atom stereocenters. The third kappa shape index (κ3) is 12.8. The molecule has 0 aromatic heterocycles. The Morgan fingerprint density at radius 1 is 1.12 bits per heavy atom. The molecule has 0 aliphatic carbocycles. The summed E-state index contributed by atoms with van der Waals surface area (Å²) in [5.74, 6) is 0.908. The van der Waals surface area contributed by atoms with Crippen molar-refractivity contribution in [2.24, 2.45) is 4.99 Å². The maximum absolute atomic E-state index is 11.3. The Balaban J connectivity index is 0.00000576. The third-order valence-corrected chi connectivity index (χ3v) is 5.10. The third-order valence-electron chi connectivity index (χ3n) is 3.70. The Hall–Kier alpha value is -0.170. The standard InChI is InChI=1S/C15H33N5O3S.HI/c1-3-16-15(17-7-5-9-19-24(21,22)4-2)18-8-6-10-20-11-13-23-14-12-20;/h19H,3-14H2,1-2H3,(H2,16,17,18);1H. The van der Waals surface area contributed by atoms with Crippen LogP contribution in [0.25, 0.3) is 0 Å². The highest BCUT2D eigenvalue weighted by Crippen LogP contribution is 1.98. The molecule has 0 atom stereocenters. The second kappa shape index (κ2) is 14.9. The number of morpholine rings is 1. The number of sulfonamides is 1. The van der Waals surface area contributed by atoms with Gasteiger partial charge in [-0.15, -0.1) is 24.0 Å². The van der Waals surface area contributed by atoms with Crippen LogP contribution < -0.4 is 15.4 Å². The summed E-state index contributed by atoms with van der Waals surface area (Å²) in [5.41, 5.74) is 0. The summed E-state index contributed by atoms with van der Waals surface area (Å²) in [6.45, 7) is 11.1. The van der Waals surface area contributed by atoms with Crippen LogP contribution in [0.2, 0.25) is 0 Å². The zero-order valence-electron chi connectivity index (χ0n) is 15.4. The first-order chi connectivity index (χ1) is 11.6. The SMILES string of the molecule is CCNC(=NCCCN1CCOCC1)NCCCNS(=O)(=O)CC.I. The van der Waals surface area contributed by atoms with Gasteiger partial charge in [-0.2, -0.15) is 0 Å². The van der Waals surface area contributed by atoms with Crippen LogP contribution in [0, 0.1) is 0 Å². The normalized spacial score (nSPS) is 16.3. The van der Waals surface area contributed by atoms with Crippen LogP contribution in [0.4, 0.5) is 0 Å². The molecular formula is C15H34IN5O3S. The van der Waals surface area contributed by atoms with Crippen molar-refractivity contribution in [3.63, 3.8) is 0 Å². The van der Waals surface area contributed by atoms with E-state index in [0.29, 0.717) is 13.1 Å². The number of hydrogen-bond acceptors (Lipinski definition) is 5. The molecule has 10 heteroatoms. The predicted octanol–water partition coefficient (Wildman–Crippen LogP) is 0.211. The Labute approximate surface area is 169 Å². The van der Waals surface area contributed by atoms with E-state index >= 15 is 0 Å². The van der Waals surface area contributed by atoms with E-state index in [0.717, 1.165) is 64.7 Å². The number of guanidine groups is 1. The smallest absolute Gasteiger partial charge is 0.211 e. The van der Waals surface area contributed by atoms with Crippen LogP contribution in [0.15, 0.2) is 4.99 Å². The van der Waals surface area contributed by atoms with Crippen molar-refractivity contribution in [2.45, 2.75) is 26.7 Å². The lowest BCUT2D eigenvalue weighted by molar-refractivity contribution is 0.0377. The van der Waals surface area contributed by atoms with Crippen molar-refractivity contribution in [2.75, 3.05) is 64.8 Å². The monoisotopic (exact) mass is 491 g/mol.